The minimum Gasteiger partial charge on any atom is -0.276 e. The predicted molar refractivity (Wildman–Crippen MR) is 112 cm³/mol. The zero-order valence-electron chi connectivity index (χ0n) is 15.8. The van der Waals surface area contributed by atoms with Crippen LogP contribution < -0.4 is 5.43 Å². The topological polar surface area (TPSA) is 135 Å². The Labute approximate surface area is 170 Å². The molecule has 3 rings (SSSR count). The van der Waals surface area contributed by atoms with Crippen LogP contribution in [0.15, 0.2) is 88.1 Å². The number of nitrogens with one attached hydrogen (secondary N) is 1. The molecule has 0 heterocycles. The first-order valence-electron chi connectivity index (χ1n) is 8.74. The molecule has 0 atom stereocenters. The van der Waals surface area contributed by atoms with Crippen LogP contribution in [0.3, 0.4) is 0 Å². The molecule has 0 unspecified atom stereocenters. The Hall–Kier alpha value is -4.47. The summed E-state index contributed by atoms with van der Waals surface area (Å²) in [5.41, 5.74) is 5.46. The third-order valence-electron chi connectivity index (χ3n) is 4.00. The Morgan fingerprint density at radius 2 is 1.33 bits per heavy atom. The van der Waals surface area contributed by atoms with Gasteiger partial charge in [-0.1, -0.05) is 29.8 Å². The average molecular weight is 404 g/mol. The van der Waals surface area contributed by atoms with E-state index >= 15 is 0 Å². The van der Waals surface area contributed by atoms with E-state index in [9.17, 15) is 20.2 Å². The minimum atomic E-state index is -0.492. The quantitative estimate of drug-likeness (QED) is 0.194. The summed E-state index contributed by atoms with van der Waals surface area (Å²) in [6, 6.07) is 18.9. The van der Waals surface area contributed by atoms with Crippen molar-refractivity contribution in [3.63, 3.8) is 0 Å². The van der Waals surface area contributed by atoms with Crippen LogP contribution in [0.25, 0.3) is 0 Å². The third-order valence-corrected chi connectivity index (χ3v) is 4.00. The Morgan fingerprint density at radius 1 is 0.800 bits per heavy atom. The molecule has 0 bridgehead atoms. The first-order chi connectivity index (χ1) is 14.4. The van der Waals surface area contributed by atoms with Crippen molar-refractivity contribution >= 4 is 28.6 Å². The highest BCUT2D eigenvalue weighted by atomic mass is 16.6. The molecule has 150 valence electrons. The summed E-state index contributed by atoms with van der Waals surface area (Å²) < 4.78 is 0. The van der Waals surface area contributed by atoms with E-state index in [4.69, 9.17) is 0 Å². The van der Waals surface area contributed by atoms with Gasteiger partial charge < -0.3 is 0 Å². The average Bonchev–Trinajstić information content (AvgIpc) is 2.75. The Kier molecular flexibility index (Phi) is 6.18. The number of aryl methyl sites for hydroxylation is 1. The van der Waals surface area contributed by atoms with E-state index in [0.29, 0.717) is 16.9 Å². The maximum absolute atomic E-state index is 10.8. The molecule has 0 amide bonds. The number of amidine groups is 1. The van der Waals surface area contributed by atoms with Crippen LogP contribution in [0.1, 0.15) is 11.1 Å². The van der Waals surface area contributed by atoms with Gasteiger partial charge in [-0.3, -0.25) is 25.7 Å². The van der Waals surface area contributed by atoms with Gasteiger partial charge in [0.25, 0.3) is 11.4 Å². The number of hydrogen-bond acceptors (Lipinski definition) is 7. The van der Waals surface area contributed by atoms with Gasteiger partial charge in [0.1, 0.15) is 0 Å². The molecule has 10 nitrogen and oxygen atoms in total. The van der Waals surface area contributed by atoms with Gasteiger partial charge in [0.05, 0.1) is 21.2 Å². The molecule has 1 N–H and O–H groups in total. The van der Waals surface area contributed by atoms with Crippen LogP contribution in [-0.2, 0) is 0 Å². The monoisotopic (exact) mass is 404 g/mol. The fourth-order valence-electron chi connectivity index (χ4n) is 2.37. The first kappa shape index (κ1) is 20.3. The molecule has 0 spiro atoms. The van der Waals surface area contributed by atoms with Gasteiger partial charge in [0.15, 0.2) is 0 Å². The zero-order chi connectivity index (χ0) is 21.5. The van der Waals surface area contributed by atoms with E-state index in [-0.39, 0.29) is 17.2 Å². The van der Waals surface area contributed by atoms with Crippen molar-refractivity contribution in [1.82, 2.24) is 0 Å². The smallest absolute Gasteiger partial charge is 0.269 e. The van der Waals surface area contributed by atoms with Gasteiger partial charge in [-0.2, -0.15) is 5.10 Å². The maximum Gasteiger partial charge on any atom is 0.269 e. The van der Waals surface area contributed by atoms with E-state index < -0.39 is 9.85 Å². The molecule has 30 heavy (non-hydrogen) atoms. The summed E-state index contributed by atoms with van der Waals surface area (Å²) in [6.07, 6.45) is 0. The standard InChI is InChI=1S/C20H16N6O4/c1-14-2-4-15(5-3-14)20(23-21-16-6-10-18(11-7-16)25(27)28)24-22-17-8-12-19(13-9-17)26(29)30/h2-13,21H,1H3/b23-20+,24-22?. The number of nitrogens with zero attached hydrogens (tertiary/aromatic N) is 5. The summed E-state index contributed by atoms with van der Waals surface area (Å²) in [4.78, 5) is 20.5. The lowest BCUT2D eigenvalue weighted by molar-refractivity contribution is -0.385. The predicted octanol–water partition coefficient (Wildman–Crippen LogP) is 5.37. The molecule has 0 aromatic heterocycles. The number of hydrogen-bond donors (Lipinski definition) is 1. The number of anilines is 1. The SMILES string of the molecule is Cc1ccc(/C(N=Nc2ccc([N+](=O)[O-])cc2)=N\Nc2ccc([N+](=O)[O-])cc2)cc1. The molecule has 0 fully saturated rings. The normalized spacial score (nSPS) is 11.4. The Balaban J connectivity index is 1.86. The van der Waals surface area contributed by atoms with Gasteiger partial charge >= 0.3 is 0 Å². The molecule has 0 aliphatic rings. The molecule has 3 aromatic rings. The minimum absolute atomic E-state index is 0.0267. The van der Waals surface area contributed by atoms with E-state index in [1.54, 1.807) is 0 Å². The largest absolute Gasteiger partial charge is 0.276 e. The van der Waals surface area contributed by atoms with Crippen LogP contribution in [-0.4, -0.2) is 15.7 Å². The van der Waals surface area contributed by atoms with Crippen LogP contribution in [0.5, 0.6) is 0 Å². The summed E-state index contributed by atoms with van der Waals surface area (Å²) in [5.74, 6) is 0.270. The highest BCUT2D eigenvalue weighted by molar-refractivity contribution is 5.99. The highest BCUT2D eigenvalue weighted by Gasteiger charge is 2.07. The fourth-order valence-corrected chi connectivity index (χ4v) is 2.37. The molecule has 0 saturated carbocycles. The molecule has 0 aliphatic heterocycles. The van der Waals surface area contributed by atoms with Gasteiger partial charge in [0.2, 0.25) is 5.84 Å². The number of non-ortho nitro benzene ring substituents is 2. The number of nitro benzene ring substituents is 2. The van der Waals surface area contributed by atoms with E-state index in [1.807, 2.05) is 31.2 Å². The zero-order valence-corrected chi connectivity index (χ0v) is 15.8. The second-order valence-corrected chi connectivity index (χ2v) is 6.19. The van der Waals surface area contributed by atoms with Crippen molar-refractivity contribution in [1.29, 1.82) is 0 Å². The van der Waals surface area contributed by atoms with Gasteiger partial charge in [-0.25, -0.2) is 0 Å². The van der Waals surface area contributed by atoms with E-state index in [2.05, 4.69) is 20.8 Å². The molecule has 0 saturated heterocycles. The molecular formula is C20H16N6O4. The Morgan fingerprint density at radius 3 is 1.87 bits per heavy atom. The molecule has 10 heteroatoms. The van der Waals surface area contributed by atoms with Crippen LogP contribution in [0.4, 0.5) is 22.7 Å². The van der Waals surface area contributed by atoms with Crippen molar-refractivity contribution < 1.29 is 9.85 Å². The van der Waals surface area contributed by atoms with Crippen molar-refractivity contribution in [2.45, 2.75) is 6.92 Å². The van der Waals surface area contributed by atoms with Crippen molar-refractivity contribution in [2.75, 3.05) is 5.43 Å². The van der Waals surface area contributed by atoms with Gasteiger partial charge in [-0.05, 0) is 31.2 Å². The number of benzene rings is 3. The molecule has 0 radical (unpaired) electrons. The number of azo groups is 1. The molecule has 0 aliphatic carbocycles. The number of rotatable bonds is 6. The second-order valence-electron chi connectivity index (χ2n) is 6.19. The van der Waals surface area contributed by atoms with Crippen LogP contribution >= 0.6 is 0 Å². The van der Waals surface area contributed by atoms with Gasteiger partial charge in [-0.15, -0.1) is 10.2 Å². The lowest BCUT2D eigenvalue weighted by Gasteiger charge is -2.04. The van der Waals surface area contributed by atoms with E-state index in [1.165, 1.54) is 48.5 Å². The summed E-state index contributed by atoms with van der Waals surface area (Å²) in [7, 11) is 0. The number of hydrazone groups is 1. The van der Waals surface area contributed by atoms with Crippen LogP contribution in [0, 0.1) is 27.2 Å². The Bertz CT molecular complexity index is 1110. The van der Waals surface area contributed by atoms with Crippen LogP contribution in [0.2, 0.25) is 0 Å². The molecular weight excluding hydrogens is 388 g/mol. The van der Waals surface area contributed by atoms with Crippen molar-refractivity contribution in [2.24, 2.45) is 15.3 Å². The summed E-state index contributed by atoms with van der Waals surface area (Å²) in [6.45, 7) is 1.95. The lowest BCUT2D eigenvalue weighted by atomic mass is 10.1. The van der Waals surface area contributed by atoms with Crippen molar-refractivity contribution in [3.05, 3.63) is 104 Å². The third kappa shape index (κ3) is 5.29. The summed E-state index contributed by atoms with van der Waals surface area (Å²) in [5, 5.41) is 34.0. The van der Waals surface area contributed by atoms with Gasteiger partial charge in [0, 0.05) is 29.8 Å². The fraction of sp³-hybridized carbons (Fsp3) is 0.0500. The van der Waals surface area contributed by atoms with Crippen molar-refractivity contribution in [3.8, 4) is 0 Å². The second kappa shape index (κ2) is 9.15. The maximum atomic E-state index is 10.8. The molecule has 3 aromatic carbocycles. The summed E-state index contributed by atoms with van der Waals surface area (Å²) >= 11 is 0. The first-order valence-corrected chi connectivity index (χ1v) is 8.74. The lowest BCUT2D eigenvalue weighted by Crippen LogP contribution is -2.01. The highest BCUT2D eigenvalue weighted by Crippen LogP contribution is 2.19. The van der Waals surface area contributed by atoms with E-state index in [0.717, 1.165) is 5.56 Å². The number of nitro groups is 2.